The summed E-state index contributed by atoms with van der Waals surface area (Å²) >= 11 is 0. The Kier molecular flexibility index (Phi) is 5.09. The van der Waals surface area contributed by atoms with Crippen molar-refractivity contribution in [3.8, 4) is 11.5 Å². The smallest absolute Gasteiger partial charge is 0.241 e. The first kappa shape index (κ1) is 23.5. The number of phenolic OH excluding ortho intramolecular Hbond substituents is 1. The number of hydrogen-bond donors (Lipinski definition) is 1. The monoisotopic (exact) mass is 500 g/mol. The lowest BCUT2D eigenvalue weighted by Gasteiger charge is -2.49. The van der Waals surface area contributed by atoms with Gasteiger partial charge in [-0.15, -0.1) is 0 Å². The Balaban J connectivity index is 1.55. The molecule has 2 heterocycles. The zero-order valence-electron chi connectivity index (χ0n) is 20.9. The predicted molar refractivity (Wildman–Crippen MR) is 133 cm³/mol. The number of rotatable bonds is 3. The standard InChI is InChI=1S/C29H28N2O6/c1-29-21(26(34)31(28(29)36)15-7-5-4-6-8-15)14-20-17(11-12-19-23(20)27(35)30(2)25(19)33)24(29)18-10-9-16(37-3)13-22(18)32/h4-11,13,19-21,23-24,32H,12,14H2,1-3H3/t19-,20+,21-,23-,24+,29+/m0/s1. The summed E-state index contributed by atoms with van der Waals surface area (Å²) in [6.07, 6.45) is 2.64. The fourth-order valence-corrected chi connectivity index (χ4v) is 7.23. The van der Waals surface area contributed by atoms with Gasteiger partial charge < -0.3 is 9.84 Å². The summed E-state index contributed by atoms with van der Waals surface area (Å²) < 4.78 is 5.27. The van der Waals surface area contributed by atoms with Gasteiger partial charge in [0.25, 0.3) is 0 Å². The van der Waals surface area contributed by atoms with Crippen LogP contribution in [0.1, 0.15) is 31.2 Å². The van der Waals surface area contributed by atoms with Crippen molar-refractivity contribution >= 4 is 29.3 Å². The summed E-state index contributed by atoms with van der Waals surface area (Å²) in [6, 6.07) is 13.8. The topological polar surface area (TPSA) is 104 Å². The van der Waals surface area contributed by atoms with Crippen LogP contribution in [0.25, 0.3) is 0 Å². The number of anilines is 1. The number of methoxy groups -OCH3 is 1. The van der Waals surface area contributed by atoms with Crippen molar-refractivity contribution < 1.29 is 29.0 Å². The predicted octanol–water partition coefficient (Wildman–Crippen LogP) is 3.26. The summed E-state index contributed by atoms with van der Waals surface area (Å²) in [4.78, 5) is 56.7. The third-order valence-electron chi connectivity index (χ3n) is 9.06. The minimum atomic E-state index is -1.19. The zero-order valence-corrected chi connectivity index (χ0v) is 20.9. The number of carbonyl (C=O) groups is 4. The van der Waals surface area contributed by atoms with Crippen molar-refractivity contribution in [3.05, 3.63) is 65.7 Å². The third kappa shape index (κ3) is 3.01. The van der Waals surface area contributed by atoms with Crippen LogP contribution in [0.2, 0.25) is 0 Å². The van der Waals surface area contributed by atoms with Gasteiger partial charge in [-0.2, -0.15) is 0 Å². The zero-order chi connectivity index (χ0) is 26.2. The molecule has 190 valence electrons. The number of amides is 4. The maximum absolute atomic E-state index is 14.2. The molecular formula is C29H28N2O6. The number of imide groups is 2. The van der Waals surface area contributed by atoms with Gasteiger partial charge in [-0.3, -0.25) is 24.1 Å². The van der Waals surface area contributed by atoms with E-state index in [2.05, 4.69) is 0 Å². The molecule has 3 fully saturated rings. The number of likely N-dealkylation sites (tertiary alicyclic amines) is 1. The minimum Gasteiger partial charge on any atom is -0.508 e. The van der Waals surface area contributed by atoms with Crippen LogP contribution >= 0.6 is 0 Å². The molecule has 8 nitrogen and oxygen atoms in total. The SMILES string of the molecule is COc1ccc([C@H]2C3=CC[C@@H]4C(=O)N(C)C(=O)[C@@H]4[C@@H]3C[C@H]3C(=O)N(c4ccccc4)C(=O)[C@@]23C)c(O)c1. The minimum absolute atomic E-state index is 0.0441. The highest BCUT2D eigenvalue weighted by Gasteiger charge is 2.67. The van der Waals surface area contributed by atoms with Crippen LogP contribution in [0.15, 0.2) is 60.2 Å². The fraction of sp³-hybridized carbons (Fsp3) is 0.379. The van der Waals surface area contributed by atoms with Crippen molar-refractivity contribution in [3.63, 3.8) is 0 Å². The first-order valence-corrected chi connectivity index (χ1v) is 12.5. The van der Waals surface area contributed by atoms with E-state index < -0.39 is 35.0 Å². The summed E-state index contributed by atoms with van der Waals surface area (Å²) in [5.41, 5.74) is 0.649. The third-order valence-corrected chi connectivity index (χ3v) is 9.06. The van der Waals surface area contributed by atoms with E-state index in [4.69, 9.17) is 4.74 Å². The molecular weight excluding hydrogens is 472 g/mol. The molecule has 1 N–H and O–H groups in total. The normalized spacial score (nSPS) is 32.7. The van der Waals surface area contributed by atoms with Gasteiger partial charge >= 0.3 is 0 Å². The molecule has 8 heteroatoms. The Hall–Kier alpha value is -3.94. The Morgan fingerprint density at radius 3 is 2.38 bits per heavy atom. The number of ether oxygens (including phenoxy) is 1. The van der Waals surface area contributed by atoms with Gasteiger partial charge in [0.2, 0.25) is 23.6 Å². The molecule has 1 saturated carbocycles. The molecule has 4 aliphatic rings. The van der Waals surface area contributed by atoms with Gasteiger partial charge in [0.05, 0.1) is 36.0 Å². The average Bonchev–Trinajstić information content (AvgIpc) is 3.24. The van der Waals surface area contributed by atoms with Gasteiger partial charge in [0, 0.05) is 24.6 Å². The number of para-hydroxylation sites is 1. The molecule has 6 atom stereocenters. The van der Waals surface area contributed by atoms with Crippen LogP contribution in [0.5, 0.6) is 11.5 Å². The number of hydrogen-bond acceptors (Lipinski definition) is 6. The van der Waals surface area contributed by atoms with Gasteiger partial charge in [-0.1, -0.05) is 35.9 Å². The van der Waals surface area contributed by atoms with E-state index in [9.17, 15) is 24.3 Å². The van der Waals surface area contributed by atoms with E-state index in [1.807, 2.05) is 12.1 Å². The Morgan fingerprint density at radius 1 is 0.973 bits per heavy atom. The number of allylic oxidation sites excluding steroid dienone is 2. The van der Waals surface area contributed by atoms with Crippen LogP contribution in [0.3, 0.4) is 0 Å². The van der Waals surface area contributed by atoms with Gasteiger partial charge in [0.1, 0.15) is 11.5 Å². The molecule has 0 unspecified atom stereocenters. The highest BCUT2D eigenvalue weighted by Crippen LogP contribution is 2.64. The number of phenols is 1. The van der Waals surface area contributed by atoms with Crippen molar-refractivity contribution in [1.29, 1.82) is 0 Å². The Morgan fingerprint density at radius 2 is 1.70 bits per heavy atom. The van der Waals surface area contributed by atoms with E-state index in [0.717, 1.165) is 5.57 Å². The van der Waals surface area contributed by atoms with Crippen LogP contribution in [0, 0.1) is 29.1 Å². The summed E-state index contributed by atoms with van der Waals surface area (Å²) in [5, 5.41) is 11.1. The highest BCUT2D eigenvalue weighted by molar-refractivity contribution is 6.24. The number of fused-ring (bicyclic) bond motifs is 4. The van der Waals surface area contributed by atoms with Gasteiger partial charge in [-0.25, -0.2) is 4.90 Å². The number of benzene rings is 2. The molecule has 2 aromatic carbocycles. The largest absolute Gasteiger partial charge is 0.508 e. The van der Waals surface area contributed by atoms with Gasteiger partial charge in [0.15, 0.2) is 0 Å². The Bertz CT molecular complexity index is 1380. The summed E-state index contributed by atoms with van der Waals surface area (Å²) in [7, 11) is 3.01. The van der Waals surface area contributed by atoms with Crippen molar-refractivity contribution in [2.24, 2.45) is 29.1 Å². The lowest BCUT2D eigenvalue weighted by molar-refractivity contribution is -0.138. The van der Waals surface area contributed by atoms with E-state index in [-0.39, 0.29) is 35.8 Å². The lowest BCUT2D eigenvalue weighted by Crippen LogP contribution is -2.48. The second-order valence-electron chi connectivity index (χ2n) is 10.7. The van der Waals surface area contributed by atoms with E-state index in [1.54, 1.807) is 43.3 Å². The molecule has 4 amide bonds. The molecule has 0 spiro atoms. The molecule has 2 aliphatic heterocycles. The highest BCUT2D eigenvalue weighted by atomic mass is 16.5. The molecule has 0 bridgehead atoms. The van der Waals surface area contributed by atoms with E-state index in [0.29, 0.717) is 23.4 Å². The lowest BCUT2D eigenvalue weighted by atomic mass is 9.51. The van der Waals surface area contributed by atoms with Crippen molar-refractivity contribution in [2.45, 2.75) is 25.7 Å². The maximum Gasteiger partial charge on any atom is 0.241 e. The van der Waals surface area contributed by atoms with E-state index in [1.165, 1.54) is 30.0 Å². The number of aromatic hydroxyl groups is 1. The van der Waals surface area contributed by atoms with Crippen LogP contribution < -0.4 is 9.64 Å². The molecule has 2 aromatic rings. The van der Waals surface area contributed by atoms with Gasteiger partial charge in [-0.05, 0) is 43.9 Å². The van der Waals surface area contributed by atoms with Crippen LogP contribution in [-0.4, -0.2) is 47.8 Å². The van der Waals surface area contributed by atoms with E-state index >= 15 is 0 Å². The quantitative estimate of drug-likeness (QED) is 0.513. The summed E-state index contributed by atoms with van der Waals surface area (Å²) in [6.45, 7) is 1.80. The second kappa shape index (κ2) is 8.03. The maximum atomic E-state index is 14.2. The molecule has 2 saturated heterocycles. The fourth-order valence-electron chi connectivity index (χ4n) is 7.23. The molecule has 0 aromatic heterocycles. The van der Waals surface area contributed by atoms with Crippen LogP contribution in [-0.2, 0) is 19.2 Å². The molecule has 2 aliphatic carbocycles. The molecule has 0 radical (unpaired) electrons. The molecule has 6 rings (SSSR count). The summed E-state index contributed by atoms with van der Waals surface area (Å²) in [5.74, 6) is -3.50. The second-order valence-corrected chi connectivity index (χ2v) is 10.7. The van der Waals surface area contributed by atoms with Crippen molar-refractivity contribution in [2.75, 3.05) is 19.1 Å². The van der Waals surface area contributed by atoms with Crippen molar-refractivity contribution in [1.82, 2.24) is 4.90 Å². The van der Waals surface area contributed by atoms with Crippen LogP contribution in [0.4, 0.5) is 5.69 Å². The average molecular weight is 501 g/mol. The number of nitrogens with zero attached hydrogens (tertiary/aromatic N) is 2. The number of carbonyl (C=O) groups excluding carboxylic acids is 4. The first-order chi connectivity index (χ1) is 17.7. The molecule has 37 heavy (non-hydrogen) atoms. The Labute approximate surface area is 214 Å². The first-order valence-electron chi connectivity index (χ1n) is 12.5.